The second-order valence-corrected chi connectivity index (χ2v) is 5.25. The maximum absolute atomic E-state index is 12.6. The molecule has 1 fully saturated rings. The molecule has 0 radical (unpaired) electrons. The summed E-state index contributed by atoms with van der Waals surface area (Å²) in [4.78, 5) is 14.5. The molecule has 18 heavy (non-hydrogen) atoms. The molecule has 0 bridgehead atoms. The number of likely N-dealkylation sites (tertiary alicyclic amines) is 1. The maximum Gasteiger partial charge on any atom is 0.257 e. The summed E-state index contributed by atoms with van der Waals surface area (Å²) in [6.45, 7) is 7.20. The summed E-state index contributed by atoms with van der Waals surface area (Å²) in [5, 5.41) is 0. The predicted octanol–water partition coefficient (Wildman–Crippen LogP) is 2.10. The van der Waals surface area contributed by atoms with Gasteiger partial charge in [0.1, 0.15) is 11.5 Å². The summed E-state index contributed by atoms with van der Waals surface area (Å²) in [6.07, 6.45) is 2.20. The van der Waals surface area contributed by atoms with Crippen LogP contribution in [0.5, 0.6) is 0 Å². The van der Waals surface area contributed by atoms with Crippen molar-refractivity contribution < 1.29 is 9.21 Å². The highest BCUT2D eigenvalue weighted by atomic mass is 16.3. The minimum Gasteiger partial charge on any atom is -0.466 e. The van der Waals surface area contributed by atoms with Crippen molar-refractivity contribution >= 4 is 5.91 Å². The molecule has 0 saturated carbocycles. The summed E-state index contributed by atoms with van der Waals surface area (Å²) >= 11 is 0. The highest BCUT2D eigenvalue weighted by Gasteiger charge is 2.32. The number of piperidine rings is 1. The van der Waals surface area contributed by atoms with Crippen LogP contribution in [0.1, 0.15) is 41.6 Å². The van der Waals surface area contributed by atoms with Gasteiger partial charge in [0.15, 0.2) is 0 Å². The predicted molar refractivity (Wildman–Crippen MR) is 70.5 cm³/mol. The first kappa shape index (κ1) is 13.1. The molecule has 2 heterocycles. The van der Waals surface area contributed by atoms with Crippen molar-refractivity contribution in [2.45, 2.75) is 39.7 Å². The average molecular weight is 250 g/mol. The Labute approximate surface area is 108 Å². The normalized spacial score (nSPS) is 24.3. The number of carbonyl (C=O) groups is 1. The minimum absolute atomic E-state index is 0.0614. The molecule has 1 aliphatic heterocycles. The number of furan rings is 1. The second-order valence-electron chi connectivity index (χ2n) is 5.25. The van der Waals surface area contributed by atoms with Gasteiger partial charge in [0, 0.05) is 19.1 Å². The van der Waals surface area contributed by atoms with Crippen molar-refractivity contribution in [3.05, 3.63) is 23.2 Å². The van der Waals surface area contributed by atoms with Gasteiger partial charge in [-0.3, -0.25) is 4.79 Å². The molecule has 100 valence electrons. The summed E-state index contributed by atoms with van der Waals surface area (Å²) in [5.74, 6) is 2.02. The average Bonchev–Trinajstić information content (AvgIpc) is 2.67. The molecular formula is C14H22N2O2. The molecule has 2 unspecified atom stereocenters. The molecule has 1 aromatic heterocycles. The topological polar surface area (TPSA) is 59.5 Å². The number of aryl methyl sites for hydroxylation is 2. The van der Waals surface area contributed by atoms with Crippen molar-refractivity contribution in [3.63, 3.8) is 0 Å². The van der Waals surface area contributed by atoms with Crippen LogP contribution in [-0.4, -0.2) is 29.9 Å². The van der Waals surface area contributed by atoms with Crippen molar-refractivity contribution in [1.29, 1.82) is 0 Å². The number of carbonyl (C=O) groups excluding carboxylic acids is 1. The lowest BCUT2D eigenvalue weighted by Gasteiger charge is -2.39. The zero-order valence-electron chi connectivity index (χ0n) is 11.4. The molecule has 2 N–H and O–H groups in total. The molecule has 4 nitrogen and oxygen atoms in total. The lowest BCUT2D eigenvalue weighted by Crippen LogP contribution is -2.51. The fourth-order valence-corrected chi connectivity index (χ4v) is 2.86. The Morgan fingerprint density at radius 3 is 2.83 bits per heavy atom. The lowest BCUT2D eigenvalue weighted by molar-refractivity contribution is 0.0531. The number of rotatable bonds is 2. The van der Waals surface area contributed by atoms with Gasteiger partial charge in [-0.2, -0.15) is 0 Å². The van der Waals surface area contributed by atoms with Crippen LogP contribution < -0.4 is 5.73 Å². The van der Waals surface area contributed by atoms with Gasteiger partial charge in [-0.25, -0.2) is 0 Å². The minimum atomic E-state index is 0.0614. The van der Waals surface area contributed by atoms with E-state index in [4.69, 9.17) is 10.2 Å². The van der Waals surface area contributed by atoms with Crippen molar-refractivity contribution in [3.8, 4) is 0 Å². The third-order valence-corrected chi connectivity index (χ3v) is 3.89. The van der Waals surface area contributed by atoms with E-state index in [1.807, 2.05) is 24.8 Å². The Bertz CT molecular complexity index is 439. The van der Waals surface area contributed by atoms with E-state index in [9.17, 15) is 4.79 Å². The van der Waals surface area contributed by atoms with Crippen LogP contribution in [0.4, 0.5) is 0 Å². The summed E-state index contributed by atoms with van der Waals surface area (Å²) in [5.41, 5.74) is 6.51. The number of hydrogen-bond donors (Lipinski definition) is 1. The highest BCUT2D eigenvalue weighted by Crippen LogP contribution is 2.26. The molecule has 4 heteroatoms. The van der Waals surface area contributed by atoms with Gasteiger partial charge in [0.2, 0.25) is 0 Å². The Kier molecular flexibility index (Phi) is 3.76. The molecule has 0 aromatic carbocycles. The number of amides is 1. The van der Waals surface area contributed by atoms with E-state index in [0.29, 0.717) is 23.8 Å². The fourth-order valence-electron chi connectivity index (χ4n) is 2.86. The van der Waals surface area contributed by atoms with Gasteiger partial charge in [-0.15, -0.1) is 0 Å². The first-order valence-electron chi connectivity index (χ1n) is 6.62. The van der Waals surface area contributed by atoms with E-state index in [2.05, 4.69) is 6.92 Å². The molecule has 2 atom stereocenters. The van der Waals surface area contributed by atoms with Crippen LogP contribution in [0.25, 0.3) is 0 Å². The lowest BCUT2D eigenvalue weighted by atomic mass is 9.90. The van der Waals surface area contributed by atoms with Crippen LogP contribution in [-0.2, 0) is 0 Å². The van der Waals surface area contributed by atoms with Crippen LogP contribution in [0.3, 0.4) is 0 Å². The van der Waals surface area contributed by atoms with Crippen LogP contribution in [0, 0.1) is 19.8 Å². The van der Waals surface area contributed by atoms with E-state index in [1.54, 1.807) is 0 Å². The molecule has 0 spiro atoms. The van der Waals surface area contributed by atoms with Crippen molar-refractivity contribution in [2.75, 3.05) is 13.1 Å². The van der Waals surface area contributed by atoms with Gasteiger partial charge < -0.3 is 15.1 Å². The Morgan fingerprint density at radius 1 is 1.56 bits per heavy atom. The van der Waals surface area contributed by atoms with Crippen molar-refractivity contribution in [2.24, 2.45) is 11.7 Å². The van der Waals surface area contributed by atoms with Gasteiger partial charge in [-0.05, 0) is 38.7 Å². The Balaban J connectivity index is 2.24. The molecule has 1 aliphatic rings. The number of nitrogens with zero attached hydrogens (tertiary/aromatic N) is 1. The molecular weight excluding hydrogens is 228 g/mol. The standard InChI is InChI=1S/C14H22N2O2/c1-9-5-4-6-16(13(9)8-15)14(17)12-7-10(2)18-11(12)3/h7,9,13H,4-6,8,15H2,1-3H3. The third kappa shape index (κ3) is 2.29. The van der Waals surface area contributed by atoms with E-state index in [1.165, 1.54) is 0 Å². The smallest absolute Gasteiger partial charge is 0.257 e. The molecule has 2 rings (SSSR count). The first-order valence-corrected chi connectivity index (χ1v) is 6.62. The van der Waals surface area contributed by atoms with Crippen LogP contribution >= 0.6 is 0 Å². The van der Waals surface area contributed by atoms with Gasteiger partial charge >= 0.3 is 0 Å². The third-order valence-electron chi connectivity index (χ3n) is 3.89. The summed E-state index contributed by atoms with van der Waals surface area (Å²) in [6, 6.07) is 1.98. The van der Waals surface area contributed by atoms with Crippen molar-refractivity contribution in [1.82, 2.24) is 4.90 Å². The van der Waals surface area contributed by atoms with E-state index in [-0.39, 0.29) is 11.9 Å². The maximum atomic E-state index is 12.6. The number of nitrogens with two attached hydrogens (primary N) is 1. The Hall–Kier alpha value is -1.29. The monoisotopic (exact) mass is 250 g/mol. The van der Waals surface area contributed by atoms with E-state index >= 15 is 0 Å². The molecule has 1 amide bonds. The number of hydrogen-bond acceptors (Lipinski definition) is 3. The largest absolute Gasteiger partial charge is 0.466 e. The van der Waals surface area contributed by atoms with E-state index < -0.39 is 0 Å². The quantitative estimate of drug-likeness (QED) is 0.874. The van der Waals surface area contributed by atoms with E-state index in [0.717, 1.165) is 25.1 Å². The zero-order valence-corrected chi connectivity index (χ0v) is 11.4. The Morgan fingerprint density at radius 2 is 2.28 bits per heavy atom. The first-order chi connectivity index (χ1) is 8.54. The van der Waals surface area contributed by atoms with Gasteiger partial charge in [0.05, 0.1) is 5.56 Å². The fraction of sp³-hybridized carbons (Fsp3) is 0.643. The molecule has 1 aromatic rings. The van der Waals surface area contributed by atoms with Crippen LogP contribution in [0.15, 0.2) is 10.5 Å². The summed E-state index contributed by atoms with van der Waals surface area (Å²) < 4.78 is 5.44. The SMILES string of the molecule is Cc1cc(C(=O)N2CCCC(C)C2CN)c(C)o1. The summed E-state index contributed by atoms with van der Waals surface area (Å²) in [7, 11) is 0. The van der Waals surface area contributed by atoms with Crippen LogP contribution in [0.2, 0.25) is 0 Å². The van der Waals surface area contributed by atoms with Gasteiger partial charge in [0.25, 0.3) is 5.91 Å². The highest BCUT2D eigenvalue weighted by molar-refractivity contribution is 5.95. The second kappa shape index (κ2) is 5.14. The molecule has 1 saturated heterocycles. The molecule has 0 aliphatic carbocycles. The zero-order chi connectivity index (χ0) is 13.3. The van der Waals surface area contributed by atoms with Gasteiger partial charge in [-0.1, -0.05) is 6.92 Å².